The highest BCUT2D eigenvalue weighted by molar-refractivity contribution is 6.03. The average molecular weight is 305 g/mol. The molecule has 4 heteroatoms. The Morgan fingerprint density at radius 2 is 1.61 bits per heavy atom. The van der Waals surface area contributed by atoms with E-state index in [0.29, 0.717) is 11.2 Å². The molecule has 0 aliphatic rings. The largest absolute Gasteiger partial charge is 0.321 e. The summed E-state index contributed by atoms with van der Waals surface area (Å²) < 4.78 is 0. The lowest BCUT2D eigenvalue weighted by atomic mass is 9.87. The van der Waals surface area contributed by atoms with Gasteiger partial charge in [0.2, 0.25) is 0 Å². The minimum atomic E-state index is -0.258. The van der Waals surface area contributed by atoms with Gasteiger partial charge in [0.1, 0.15) is 5.69 Å². The summed E-state index contributed by atoms with van der Waals surface area (Å²) in [4.78, 5) is 20.9. The van der Waals surface area contributed by atoms with Crippen LogP contribution in [-0.2, 0) is 5.41 Å². The molecule has 0 saturated heterocycles. The number of para-hydroxylation sites is 2. The van der Waals surface area contributed by atoms with Gasteiger partial charge in [0.25, 0.3) is 5.91 Å². The van der Waals surface area contributed by atoms with Gasteiger partial charge in [0.15, 0.2) is 0 Å². The normalized spacial score (nSPS) is 11.4. The van der Waals surface area contributed by atoms with Crippen LogP contribution in [-0.4, -0.2) is 15.9 Å². The van der Waals surface area contributed by atoms with Gasteiger partial charge < -0.3 is 5.32 Å². The highest BCUT2D eigenvalue weighted by Crippen LogP contribution is 2.23. The van der Waals surface area contributed by atoms with Gasteiger partial charge in [-0.25, -0.2) is 4.98 Å². The first-order valence-corrected chi connectivity index (χ1v) is 7.57. The van der Waals surface area contributed by atoms with E-state index in [2.05, 4.69) is 36.1 Å². The smallest absolute Gasteiger partial charge is 0.275 e. The number of benzene rings is 2. The summed E-state index contributed by atoms with van der Waals surface area (Å²) in [5.74, 6) is -0.258. The van der Waals surface area contributed by atoms with Gasteiger partial charge in [0.05, 0.1) is 17.2 Å². The molecular weight excluding hydrogens is 286 g/mol. The fourth-order valence-electron chi connectivity index (χ4n) is 2.32. The van der Waals surface area contributed by atoms with E-state index in [4.69, 9.17) is 0 Å². The molecule has 3 rings (SSSR count). The number of fused-ring (bicyclic) bond motifs is 1. The molecule has 0 saturated carbocycles. The summed E-state index contributed by atoms with van der Waals surface area (Å²) in [6.07, 6.45) is 1.50. The molecule has 0 aliphatic carbocycles. The van der Waals surface area contributed by atoms with Crippen molar-refractivity contribution in [3.8, 4) is 0 Å². The van der Waals surface area contributed by atoms with Crippen LogP contribution < -0.4 is 5.32 Å². The lowest BCUT2D eigenvalue weighted by Crippen LogP contribution is -2.15. The van der Waals surface area contributed by atoms with Crippen LogP contribution in [0.5, 0.6) is 0 Å². The molecule has 1 N–H and O–H groups in total. The van der Waals surface area contributed by atoms with Crippen molar-refractivity contribution in [3.63, 3.8) is 0 Å². The first kappa shape index (κ1) is 15.2. The second-order valence-corrected chi connectivity index (χ2v) is 6.53. The molecule has 2 aromatic carbocycles. The van der Waals surface area contributed by atoms with Gasteiger partial charge in [-0.1, -0.05) is 45.0 Å². The first-order chi connectivity index (χ1) is 10.9. The molecule has 1 amide bonds. The Kier molecular flexibility index (Phi) is 3.82. The Bertz CT molecular complexity index is 848. The summed E-state index contributed by atoms with van der Waals surface area (Å²) in [7, 11) is 0. The number of aromatic nitrogens is 2. The lowest BCUT2D eigenvalue weighted by molar-refractivity contribution is 0.102. The fourth-order valence-corrected chi connectivity index (χ4v) is 2.32. The Balaban J connectivity index is 1.80. The summed E-state index contributed by atoms with van der Waals surface area (Å²) in [6, 6.07) is 15.4. The van der Waals surface area contributed by atoms with Crippen molar-refractivity contribution in [2.24, 2.45) is 0 Å². The van der Waals surface area contributed by atoms with E-state index in [0.717, 1.165) is 11.2 Å². The Morgan fingerprint density at radius 1 is 0.957 bits per heavy atom. The lowest BCUT2D eigenvalue weighted by Gasteiger charge is -2.19. The molecule has 0 fully saturated rings. The molecule has 0 radical (unpaired) electrons. The van der Waals surface area contributed by atoms with Crippen LogP contribution in [0.4, 0.5) is 5.69 Å². The van der Waals surface area contributed by atoms with Crippen LogP contribution in [0.15, 0.2) is 54.7 Å². The summed E-state index contributed by atoms with van der Waals surface area (Å²) >= 11 is 0. The number of hydrogen-bond donors (Lipinski definition) is 1. The van der Waals surface area contributed by atoms with Crippen molar-refractivity contribution in [1.29, 1.82) is 0 Å². The van der Waals surface area contributed by atoms with E-state index in [1.807, 2.05) is 48.5 Å². The number of carbonyl (C=O) groups excluding carboxylic acids is 1. The van der Waals surface area contributed by atoms with Crippen LogP contribution in [0, 0.1) is 0 Å². The van der Waals surface area contributed by atoms with Gasteiger partial charge in [-0.2, -0.15) is 0 Å². The van der Waals surface area contributed by atoms with Crippen LogP contribution >= 0.6 is 0 Å². The topological polar surface area (TPSA) is 54.9 Å². The number of rotatable bonds is 2. The van der Waals surface area contributed by atoms with Gasteiger partial charge in [-0.3, -0.25) is 9.78 Å². The Labute approximate surface area is 135 Å². The third-order valence-corrected chi connectivity index (χ3v) is 3.69. The summed E-state index contributed by atoms with van der Waals surface area (Å²) in [5, 5.41) is 2.86. The van der Waals surface area contributed by atoms with E-state index in [1.165, 1.54) is 11.8 Å². The number of nitrogens with zero attached hydrogens (tertiary/aromatic N) is 2. The van der Waals surface area contributed by atoms with Crippen molar-refractivity contribution in [2.45, 2.75) is 26.2 Å². The number of carbonyl (C=O) groups is 1. The molecule has 1 aromatic heterocycles. The second-order valence-electron chi connectivity index (χ2n) is 6.53. The Morgan fingerprint density at radius 3 is 2.26 bits per heavy atom. The fraction of sp³-hybridized carbons (Fsp3) is 0.211. The molecule has 3 aromatic rings. The van der Waals surface area contributed by atoms with E-state index in [-0.39, 0.29) is 11.3 Å². The van der Waals surface area contributed by atoms with Crippen LogP contribution in [0.1, 0.15) is 36.8 Å². The van der Waals surface area contributed by atoms with E-state index in [1.54, 1.807) is 0 Å². The minimum absolute atomic E-state index is 0.0896. The quantitative estimate of drug-likeness (QED) is 0.772. The van der Waals surface area contributed by atoms with Crippen molar-refractivity contribution in [2.75, 3.05) is 5.32 Å². The second kappa shape index (κ2) is 5.80. The van der Waals surface area contributed by atoms with Gasteiger partial charge in [-0.15, -0.1) is 0 Å². The van der Waals surface area contributed by atoms with E-state index < -0.39 is 0 Å². The van der Waals surface area contributed by atoms with Crippen LogP contribution in [0.3, 0.4) is 0 Å². The monoisotopic (exact) mass is 305 g/mol. The standard InChI is InChI=1S/C19H19N3O/c1-19(2,3)13-8-10-14(11-9-13)21-18(23)17-12-20-15-6-4-5-7-16(15)22-17/h4-12H,1-3H3,(H,21,23). The molecule has 0 spiro atoms. The van der Waals surface area contributed by atoms with Gasteiger partial charge in [0, 0.05) is 5.69 Å². The highest BCUT2D eigenvalue weighted by atomic mass is 16.1. The summed E-state index contributed by atoms with van der Waals surface area (Å²) in [6.45, 7) is 6.47. The number of amides is 1. The third-order valence-electron chi connectivity index (χ3n) is 3.69. The molecular formula is C19H19N3O. The molecule has 0 atom stereocenters. The SMILES string of the molecule is CC(C)(C)c1ccc(NC(=O)c2cnc3ccccc3n2)cc1. The first-order valence-electron chi connectivity index (χ1n) is 7.57. The summed E-state index contributed by atoms with van der Waals surface area (Å²) in [5.41, 5.74) is 3.86. The van der Waals surface area contributed by atoms with Crippen molar-refractivity contribution >= 4 is 22.6 Å². The van der Waals surface area contributed by atoms with E-state index >= 15 is 0 Å². The van der Waals surface area contributed by atoms with Crippen molar-refractivity contribution in [3.05, 3.63) is 66.0 Å². The van der Waals surface area contributed by atoms with Crippen LogP contribution in [0.25, 0.3) is 11.0 Å². The molecule has 23 heavy (non-hydrogen) atoms. The minimum Gasteiger partial charge on any atom is -0.321 e. The zero-order chi connectivity index (χ0) is 16.4. The molecule has 0 aliphatic heterocycles. The Hall–Kier alpha value is -2.75. The molecule has 0 bridgehead atoms. The van der Waals surface area contributed by atoms with Gasteiger partial charge >= 0.3 is 0 Å². The van der Waals surface area contributed by atoms with Crippen molar-refractivity contribution < 1.29 is 4.79 Å². The molecule has 0 unspecified atom stereocenters. The number of anilines is 1. The zero-order valence-electron chi connectivity index (χ0n) is 13.5. The number of hydrogen-bond acceptors (Lipinski definition) is 3. The van der Waals surface area contributed by atoms with E-state index in [9.17, 15) is 4.79 Å². The predicted octanol–water partition coefficient (Wildman–Crippen LogP) is 4.18. The predicted molar refractivity (Wildman–Crippen MR) is 92.6 cm³/mol. The maximum absolute atomic E-state index is 12.3. The van der Waals surface area contributed by atoms with Crippen LogP contribution in [0.2, 0.25) is 0 Å². The van der Waals surface area contributed by atoms with Gasteiger partial charge in [-0.05, 0) is 35.2 Å². The maximum Gasteiger partial charge on any atom is 0.275 e. The molecule has 116 valence electrons. The highest BCUT2D eigenvalue weighted by Gasteiger charge is 2.14. The molecule has 1 heterocycles. The number of nitrogens with one attached hydrogen (secondary N) is 1. The maximum atomic E-state index is 12.3. The zero-order valence-corrected chi connectivity index (χ0v) is 13.5. The average Bonchev–Trinajstić information content (AvgIpc) is 2.54. The third kappa shape index (κ3) is 3.37. The molecule has 4 nitrogen and oxygen atoms in total. The van der Waals surface area contributed by atoms with Crippen molar-refractivity contribution in [1.82, 2.24) is 9.97 Å².